The molecule has 22 heavy (non-hydrogen) atoms. The van der Waals surface area contributed by atoms with Crippen molar-refractivity contribution in [3.63, 3.8) is 0 Å². The average molecular weight is 348 g/mol. The number of thiophene rings is 1. The number of hydrogen-bond donors (Lipinski definition) is 3. The van der Waals surface area contributed by atoms with Crippen LogP contribution in [-0.2, 0) is 14.8 Å². The van der Waals surface area contributed by atoms with Crippen LogP contribution in [0.1, 0.15) is 29.9 Å². The Morgan fingerprint density at radius 3 is 2.50 bits per heavy atom. The molecule has 0 saturated carbocycles. The lowest BCUT2D eigenvalue weighted by Gasteiger charge is -2.14. The van der Waals surface area contributed by atoms with Gasteiger partial charge >= 0.3 is 5.97 Å². The van der Waals surface area contributed by atoms with Gasteiger partial charge in [0.1, 0.15) is 0 Å². The SMILES string of the molecule is CNS(=O)(=O)c1csc(C(=O)NCC(CC(C)C)C(=O)O)c1. The average Bonchev–Trinajstić information content (AvgIpc) is 2.93. The Balaban J connectivity index is 2.71. The van der Waals surface area contributed by atoms with Crippen LogP contribution < -0.4 is 10.0 Å². The molecule has 124 valence electrons. The van der Waals surface area contributed by atoms with Gasteiger partial charge in [0, 0.05) is 11.9 Å². The molecule has 0 bridgehead atoms. The summed E-state index contributed by atoms with van der Waals surface area (Å²) in [5, 5.41) is 13.0. The molecule has 0 radical (unpaired) electrons. The van der Waals surface area contributed by atoms with Crippen molar-refractivity contribution in [1.82, 2.24) is 10.0 Å². The molecule has 0 spiro atoms. The fraction of sp³-hybridized carbons (Fsp3) is 0.538. The molecule has 1 aromatic rings. The van der Waals surface area contributed by atoms with E-state index in [4.69, 9.17) is 5.11 Å². The van der Waals surface area contributed by atoms with E-state index in [9.17, 15) is 18.0 Å². The number of sulfonamides is 1. The van der Waals surface area contributed by atoms with E-state index < -0.39 is 27.8 Å². The summed E-state index contributed by atoms with van der Waals surface area (Å²) in [5.41, 5.74) is 0. The van der Waals surface area contributed by atoms with E-state index in [1.54, 1.807) is 0 Å². The summed E-state index contributed by atoms with van der Waals surface area (Å²) in [6, 6.07) is 1.27. The summed E-state index contributed by atoms with van der Waals surface area (Å²) < 4.78 is 25.4. The van der Waals surface area contributed by atoms with Gasteiger partial charge in [-0.2, -0.15) is 0 Å². The highest BCUT2D eigenvalue weighted by molar-refractivity contribution is 7.89. The van der Waals surface area contributed by atoms with Gasteiger partial charge in [0.2, 0.25) is 10.0 Å². The largest absolute Gasteiger partial charge is 0.481 e. The van der Waals surface area contributed by atoms with E-state index in [2.05, 4.69) is 10.0 Å². The normalized spacial score (nSPS) is 13.1. The van der Waals surface area contributed by atoms with Gasteiger partial charge in [-0.25, -0.2) is 13.1 Å². The number of hydrogen-bond acceptors (Lipinski definition) is 5. The van der Waals surface area contributed by atoms with Gasteiger partial charge in [-0.15, -0.1) is 11.3 Å². The van der Waals surface area contributed by atoms with Crippen LogP contribution in [0.3, 0.4) is 0 Å². The van der Waals surface area contributed by atoms with Crippen molar-refractivity contribution >= 4 is 33.2 Å². The van der Waals surface area contributed by atoms with E-state index in [-0.39, 0.29) is 22.2 Å². The van der Waals surface area contributed by atoms with E-state index in [0.717, 1.165) is 11.3 Å². The van der Waals surface area contributed by atoms with Crippen molar-refractivity contribution in [2.24, 2.45) is 11.8 Å². The zero-order chi connectivity index (χ0) is 16.9. The summed E-state index contributed by atoms with van der Waals surface area (Å²) >= 11 is 0.995. The number of nitrogens with one attached hydrogen (secondary N) is 2. The fourth-order valence-electron chi connectivity index (χ4n) is 1.84. The minimum absolute atomic E-state index is 0.0123. The predicted octanol–water partition coefficient (Wildman–Crippen LogP) is 1.13. The second-order valence-electron chi connectivity index (χ2n) is 5.23. The second kappa shape index (κ2) is 7.70. The Morgan fingerprint density at radius 1 is 1.36 bits per heavy atom. The van der Waals surface area contributed by atoms with E-state index in [0.29, 0.717) is 6.42 Å². The van der Waals surface area contributed by atoms with Crippen LogP contribution in [0, 0.1) is 11.8 Å². The molecule has 1 unspecified atom stereocenters. The molecule has 9 heteroatoms. The fourth-order valence-corrected chi connectivity index (χ4v) is 3.76. The second-order valence-corrected chi connectivity index (χ2v) is 8.03. The summed E-state index contributed by atoms with van der Waals surface area (Å²) in [6.07, 6.45) is 0.458. The number of amides is 1. The van der Waals surface area contributed by atoms with Crippen molar-refractivity contribution < 1.29 is 23.1 Å². The lowest BCUT2D eigenvalue weighted by atomic mass is 9.97. The minimum atomic E-state index is -3.59. The van der Waals surface area contributed by atoms with Crippen LogP contribution in [-0.4, -0.2) is 39.0 Å². The molecule has 0 aliphatic rings. The first-order valence-corrected chi connectivity index (χ1v) is 9.06. The Hall–Kier alpha value is -1.45. The molecule has 1 aromatic heterocycles. The van der Waals surface area contributed by atoms with Gasteiger partial charge in [0.05, 0.1) is 15.7 Å². The highest BCUT2D eigenvalue weighted by Gasteiger charge is 2.21. The molecular formula is C13H20N2O5S2. The third-order valence-corrected chi connectivity index (χ3v) is 5.46. The lowest BCUT2D eigenvalue weighted by Crippen LogP contribution is -2.33. The highest BCUT2D eigenvalue weighted by atomic mass is 32.2. The maximum Gasteiger partial charge on any atom is 0.308 e. The number of aliphatic carboxylic acids is 1. The summed E-state index contributed by atoms with van der Waals surface area (Å²) in [6.45, 7) is 3.83. The molecule has 0 saturated heterocycles. The van der Waals surface area contributed by atoms with Gasteiger partial charge in [0.15, 0.2) is 0 Å². The molecule has 0 aliphatic carbocycles. The van der Waals surface area contributed by atoms with Gasteiger partial charge in [-0.1, -0.05) is 13.8 Å². The molecular weight excluding hydrogens is 328 g/mol. The first-order chi connectivity index (χ1) is 10.2. The smallest absolute Gasteiger partial charge is 0.308 e. The maximum atomic E-state index is 12.0. The van der Waals surface area contributed by atoms with Crippen molar-refractivity contribution in [2.75, 3.05) is 13.6 Å². The van der Waals surface area contributed by atoms with E-state index in [1.165, 1.54) is 18.5 Å². The molecule has 1 heterocycles. The Kier molecular flexibility index (Phi) is 6.51. The number of carbonyl (C=O) groups is 2. The van der Waals surface area contributed by atoms with Crippen LogP contribution in [0.25, 0.3) is 0 Å². The van der Waals surface area contributed by atoms with E-state index in [1.807, 2.05) is 13.8 Å². The first-order valence-electron chi connectivity index (χ1n) is 6.70. The first kappa shape index (κ1) is 18.6. The quantitative estimate of drug-likeness (QED) is 0.652. The van der Waals surface area contributed by atoms with Gasteiger partial charge < -0.3 is 10.4 Å². The van der Waals surface area contributed by atoms with Crippen molar-refractivity contribution in [1.29, 1.82) is 0 Å². The van der Waals surface area contributed by atoms with Crippen molar-refractivity contribution in [2.45, 2.75) is 25.2 Å². The summed E-state index contributed by atoms with van der Waals surface area (Å²) in [4.78, 5) is 23.3. The van der Waals surface area contributed by atoms with Gasteiger partial charge in [-0.05, 0) is 25.5 Å². The van der Waals surface area contributed by atoms with Crippen LogP contribution >= 0.6 is 11.3 Å². The molecule has 0 fully saturated rings. The van der Waals surface area contributed by atoms with E-state index >= 15 is 0 Å². The van der Waals surface area contributed by atoms with Gasteiger partial charge in [0.25, 0.3) is 5.91 Å². The summed E-state index contributed by atoms with van der Waals surface area (Å²) in [7, 11) is -2.30. The standard InChI is InChI=1S/C13H20N2O5S2/c1-8(2)4-9(13(17)18)6-15-12(16)11-5-10(7-21-11)22(19,20)14-3/h5,7-9,14H,4,6H2,1-3H3,(H,15,16)(H,17,18). The van der Waals surface area contributed by atoms with Crippen LogP contribution in [0.2, 0.25) is 0 Å². The van der Waals surface area contributed by atoms with Crippen LogP contribution in [0.15, 0.2) is 16.3 Å². The van der Waals surface area contributed by atoms with Crippen molar-refractivity contribution in [3.8, 4) is 0 Å². The Bertz CT molecular complexity index is 637. The third-order valence-electron chi connectivity index (χ3n) is 2.99. The number of carbonyl (C=O) groups excluding carboxylic acids is 1. The topological polar surface area (TPSA) is 113 Å². The monoisotopic (exact) mass is 348 g/mol. The summed E-state index contributed by atoms with van der Waals surface area (Å²) in [5.74, 6) is -1.90. The van der Waals surface area contributed by atoms with Crippen LogP contribution in [0.4, 0.5) is 0 Å². The Labute approximate surface area is 133 Å². The van der Waals surface area contributed by atoms with Gasteiger partial charge in [-0.3, -0.25) is 9.59 Å². The predicted molar refractivity (Wildman–Crippen MR) is 83.5 cm³/mol. The molecule has 3 N–H and O–H groups in total. The molecule has 7 nitrogen and oxygen atoms in total. The van der Waals surface area contributed by atoms with Crippen molar-refractivity contribution in [3.05, 3.63) is 16.3 Å². The molecule has 1 rings (SSSR count). The molecule has 0 aromatic carbocycles. The minimum Gasteiger partial charge on any atom is -0.481 e. The number of carboxylic acid groups (broad SMARTS) is 1. The number of rotatable bonds is 8. The molecule has 1 atom stereocenters. The highest BCUT2D eigenvalue weighted by Crippen LogP contribution is 2.19. The molecule has 1 amide bonds. The Morgan fingerprint density at radius 2 is 2.00 bits per heavy atom. The maximum absolute atomic E-state index is 12.0. The number of carboxylic acids is 1. The lowest BCUT2D eigenvalue weighted by molar-refractivity contribution is -0.142. The third kappa shape index (κ3) is 5.08. The molecule has 0 aliphatic heterocycles. The zero-order valence-electron chi connectivity index (χ0n) is 12.6. The zero-order valence-corrected chi connectivity index (χ0v) is 14.3. The van der Waals surface area contributed by atoms with Crippen LogP contribution in [0.5, 0.6) is 0 Å².